The van der Waals surface area contributed by atoms with Gasteiger partial charge in [-0.05, 0) is 25.1 Å². The third kappa shape index (κ3) is 3.21. The third-order valence-corrected chi connectivity index (χ3v) is 3.34. The molecule has 2 rings (SSSR count). The van der Waals surface area contributed by atoms with E-state index in [1.54, 1.807) is 38.1 Å². The summed E-state index contributed by atoms with van der Waals surface area (Å²) in [5.74, 6) is 0.954. The van der Waals surface area contributed by atoms with Gasteiger partial charge in [0.05, 0.1) is 17.2 Å². The van der Waals surface area contributed by atoms with Crippen molar-refractivity contribution in [1.82, 2.24) is 9.13 Å². The zero-order valence-electron chi connectivity index (χ0n) is 13.3. The normalized spacial score (nSPS) is 11.2. The molecule has 0 bridgehead atoms. The van der Waals surface area contributed by atoms with Crippen LogP contribution in [-0.4, -0.2) is 15.0 Å². The lowest BCUT2D eigenvalue weighted by Crippen LogP contribution is -2.38. The molecule has 1 aromatic heterocycles. The van der Waals surface area contributed by atoms with E-state index in [2.05, 4.69) is 4.99 Å². The van der Waals surface area contributed by atoms with Crippen LogP contribution in [0.4, 0.5) is 5.82 Å². The molecular formula is C16H16N4O3. The number of ether oxygens (including phenoxy) is 1. The van der Waals surface area contributed by atoms with Crippen molar-refractivity contribution >= 4 is 11.7 Å². The molecule has 0 aliphatic carbocycles. The molecule has 0 aliphatic rings. The molecule has 118 valence electrons. The summed E-state index contributed by atoms with van der Waals surface area (Å²) in [6, 6.07) is 8.64. The number of nitriles is 1. The lowest BCUT2D eigenvalue weighted by molar-refractivity contribution is 0.545. The molecule has 0 fully saturated rings. The average Bonchev–Trinajstić information content (AvgIpc) is 2.55. The van der Waals surface area contributed by atoms with Gasteiger partial charge in [0.15, 0.2) is 5.90 Å². The summed E-state index contributed by atoms with van der Waals surface area (Å²) < 4.78 is 7.87. The Morgan fingerprint density at radius 1 is 1.26 bits per heavy atom. The van der Waals surface area contributed by atoms with Gasteiger partial charge in [-0.25, -0.2) is 4.79 Å². The molecule has 7 heteroatoms. The molecule has 1 aromatic carbocycles. The topological polar surface area (TPSA) is 89.4 Å². The molecule has 0 unspecified atom stereocenters. The fourth-order valence-corrected chi connectivity index (χ4v) is 2.13. The molecule has 0 saturated carbocycles. The molecule has 7 nitrogen and oxygen atoms in total. The van der Waals surface area contributed by atoms with Gasteiger partial charge in [0.25, 0.3) is 5.56 Å². The highest BCUT2D eigenvalue weighted by Crippen LogP contribution is 2.16. The lowest BCUT2D eigenvalue weighted by Gasteiger charge is -2.10. The second kappa shape index (κ2) is 6.32. The van der Waals surface area contributed by atoms with Gasteiger partial charge >= 0.3 is 5.69 Å². The van der Waals surface area contributed by atoms with Crippen LogP contribution in [0.2, 0.25) is 0 Å². The van der Waals surface area contributed by atoms with Crippen molar-refractivity contribution in [3.63, 3.8) is 0 Å². The largest absolute Gasteiger partial charge is 0.443 e. The molecule has 1 heterocycles. The summed E-state index contributed by atoms with van der Waals surface area (Å²) in [7, 11) is 2.96. The molecule has 0 saturated heterocycles. The molecule has 23 heavy (non-hydrogen) atoms. The first kappa shape index (κ1) is 16.2. The number of nitrogens with zero attached hydrogens (tertiary/aromatic N) is 4. The van der Waals surface area contributed by atoms with Gasteiger partial charge < -0.3 is 4.74 Å². The quantitative estimate of drug-likeness (QED) is 0.619. The Hall–Kier alpha value is -3.14. The number of hydrogen-bond donors (Lipinski definition) is 0. The standard InChI is InChI=1S/C16H16N4O3/c1-10-14(19(3)16(22)20(4)15(10)21)18-11(2)23-13-7-5-6-12(8-13)9-17/h5-8H,1-4H3. The molecular weight excluding hydrogens is 296 g/mol. The van der Waals surface area contributed by atoms with Crippen molar-refractivity contribution < 1.29 is 4.74 Å². The first-order valence-corrected chi connectivity index (χ1v) is 6.85. The van der Waals surface area contributed by atoms with E-state index in [1.165, 1.54) is 18.7 Å². The molecule has 0 aliphatic heterocycles. The van der Waals surface area contributed by atoms with E-state index in [0.29, 0.717) is 16.9 Å². The second-order valence-electron chi connectivity index (χ2n) is 5.03. The number of rotatable bonds is 2. The maximum atomic E-state index is 12.0. The molecule has 2 aromatic rings. The van der Waals surface area contributed by atoms with E-state index in [-0.39, 0.29) is 11.7 Å². The predicted octanol–water partition coefficient (Wildman–Crippen LogP) is 1.39. The Morgan fingerprint density at radius 3 is 2.61 bits per heavy atom. The summed E-state index contributed by atoms with van der Waals surface area (Å²) in [6.45, 7) is 3.21. The van der Waals surface area contributed by atoms with E-state index in [4.69, 9.17) is 10.00 Å². The summed E-state index contributed by atoms with van der Waals surface area (Å²) in [4.78, 5) is 28.2. The Labute approximate surface area is 132 Å². The van der Waals surface area contributed by atoms with Crippen LogP contribution in [0.15, 0.2) is 38.8 Å². The van der Waals surface area contributed by atoms with Crippen LogP contribution >= 0.6 is 0 Å². The zero-order valence-corrected chi connectivity index (χ0v) is 13.3. The monoisotopic (exact) mass is 312 g/mol. The predicted molar refractivity (Wildman–Crippen MR) is 86.2 cm³/mol. The van der Waals surface area contributed by atoms with Crippen LogP contribution in [0.25, 0.3) is 0 Å². The van der Waals surface area contributed by atoms with Crippen molar-refractivity contribution in [3.8, 4) is 11.8 Å². The zero-order chi connectivity index (χ0) is 17.1. The summed E-state index contributed by atoms with van der Waals surface area (Å²) >= 11 is 0. The maximum Gasteiger partial charge on any atom is 0.332 e. The van der Waals surface area contributed by atoms with Crippen molar-refractivity contribution in [3.05, 3.63) is 56.2 Å². The van der Waals surface area contributed by atoms with Crippen LogP contribution in [0.5, 0.6) is 5.75 Å². The van der Waals surface area contributed by atoms with Gasteiger partial charge in [-0.1, -0.05) is 6.07 Å². The van der Waals surface area contributed by atoms with Gasteiger partial charge in [-0.2, -0.15) is 10.3 Å². The third-order valence-electron chi connectivity index (χ3n) is 3.34. The number of aliphatic imine (C=N–C) groups is 1. The maximum absolute atomic E-state index is 12.0. The minimum absolute atomic E-state index is 0.243. The Morgan fingerprint density at radius 2 is 1.96 bits per heavy atom. The van der Waals surface area contributed by atoms with Crippen LogP contribution in [0.3, 0.4) is 0 Å². The van der Waals surface area contributed by atoms with Gasteiger partial charge in [0, 0.05) is 21.0 Å². The molecule has 0 amide bonds. The van der Waals surface area contributed by atoms with Crippen molar-refractivity contribution in [1.29, 1.82) is 5.26 Å². The Kier molecular flexibility index (Phi) is 4.46. The van der Waals surface area contributed by atoms with E-state index in [9.17, 15) is 9.59 Å². The minimum Gasteiger partial charge on any atom is -0.443 e. The van der Waals surface area contributed by atoms with E-state index in [1.807, 2.05) is 6.07 Å². The number of aromatic nitrogens is 2. The SMILES string of the molecule is CC(=Nc1c(C)c(=O)n(C)c(=O)n1C)Oc1cccc(C#N)c1. The fourth-order valence-electron chi connectivity index (χ4n) is 2.13. The molecule has 0 spiro atoms. The van der Waals surface area contributed by atoms with Gasteiger partial charge in [0.1, 0.15) is 11.6 Å². The van der Waals surface area contributed by atoms with E-state index in [0.717, 1.165) is 4.57 Å². The van der Waals surface area contributed by atoms with Gasteiger partial charge in [0.2, 0.25) is 0 Å². The average molecular weight is 312 g/mol. The van der Waals surface area contributed by atoms with Crippen LogP contribution in [0, 0.1) is 18.3 Å². The second-order valence-corrected chi connectivity index (χ2v) is 5.03. The van der Waals surface area contributed by atoms with E-state index >= 15 is 0 Å². The summed E-state index contributed by atoms with van der Waals surface area (Å²) in [5, 5.41) is 8.88. The first-order valence-electron chi connectivity index (χ1n) is 6.85. The first-order chi connectivity index (χ1) is 10.8. The van der Waals surface area contributed by atoms with Crippen LogP contribution < -0.4 is 16.0 Å². The van der Waals surface area contributed by atoms with Crippen LogP contribution in [-0.2, 0) is 14.1 Å². The fraction of sp³-hybridized carbons (Fsp3) is 0.250. The highest BCUT2D eigenvalue weighted by molar-refractivity contribution is 5.79. The highest BCUT2D eigenvalue weighted by atomic mass is 16.5. The number of hydrogen-bond acceptors (Lipinski definition) is 5. The van der Waals surface area contributed by atoms with Crippen LogP contribution in [0.1, 0.15) is 18.1 Å². The molecule has 0 radical (unpaired) electrons. The Bertz CT molecular complexity index is 908. The minimum atomic E-state index is -0.460. The Balaban J connectivity index is 2.44. The van der Waals surface area contributed by atoms with E-state index < -0.39 is 11.2 Å². The van der Waals surface area contributed by atoms with Crippen molar-refractivity contribution in [2.45, 2.75) is 13.8 Å². The van der Waals surface area contributed by atoms with Gasteiger partial charge in [-0.3, -0.25) is 13.9 Å². The smallest absolute Gasteiger partial charge is 0.332 e. The van der Waals surface area contributed by atoms with Crippen molar-refractivity contribution in [2.24, 2.45) is 19.1 Å². The van der Waals surface area contributed by atoms with Gasteiger partial charge in [-0.15, -0.1) is 0 Å². The molecule has 0 atom stereocenters. The summed E-state index contributed by atoms with van der Waals surface area (Å²) in [6.07, 6.45) is 0. The highest BCUT2D eigenvalue weighted by Gasteiger charge is 2.12. The molecule has 0 N–H and O–H groups in total. The lowest BCUT2D eigenvalue weighted by atomic mass is 10.2. The van der Waals surface area contributed by atoms with Crippen molar-refractivity contribution in [2.75, 3.05) is 0 Å². The summed E-state index contributed by atoms with van der Waals surface area (Å²) in [5.41, 5.74) is -0.0412. The number of benzene rings is 1.